The standard InChI is InChI=1S/C25H29N3O2/c1-3-11-28-18-22(21-9-4-5-10-23(21)28)25(29)26-17-24(27-12-14-30-15-13-27)20-8-6-7-19(2)16-20/h3-10,16,18,24H,1,11-15,17H2,2H3,(H,26,29)/t24-/m0/s1. The summed E-state index contributed by atoms with van der Waals surface area (Å²) >= 11 is 0. The molecule has 1 amide bonds. The molecule has 5 nitrogen and oxygen atoms in total. The summed E-state index contributed by atoms with van der Waals surface area (Å²) in [5.74, 6) is -0.0417. The normalized spacial score (nSPS) is 15.8. The number of ether oxygens (including phenoxy) is 1. The summed E-state index contributed by atoms with van der Waals surface area (Å²) in [6.07, 6.45) is 3.78. The molecule has 0 spiro atoms. The van der Waals surface area contributed by atoms with Gasteiger partial charge in [0.25, 0.3) is 5.91 Å². The molecule has 156 valence electrons. The molecule has 4 rings (SSSR count). The van der Waals surface area contributed by atoms with E-state index >= 15 is 0 Å². The fourth-order valence-corrected chi connectivity index (χ4v) is 4.23. The lowest BCUT2D eigenvalue weighted by molar-refractivity contribution is 0.0162. The minimum Gasteiger partial charge on any atom is -0.379 e. The van der Waals surface area contributed by atoms with E-state index in [0.29, 0.717) is 18.7 Å². The van der Waals surface area contributed by atoms with Crippen molar-refractivity contribution in [2.75, 3.05) is 32.8 Å². The second-order valence-electron chi connectivity index (χ2n) is 7.79. The van der Waals surface area contributed by atoms with E-state index < -0.39 is 0 Å². The summed E-state index contributed by atoms with van der Waals surface area (Å²) in [4.78, 5) is 15.6. The van der Waals surface area contributed by atoms with Crippen LogP contribution in [0.25, 0.3) is 10.9 Å². The first-order valence-corrected chi connectivity index (χ1v) is 10.5. The van der Waals surface area contributed by atoms with Gasteiger partial charge in [-0.05, 0) is 18.6 Å². The smallest absolute Gasteiger partial charge is 0.253 e. The van der Waals surface area contributed by atoms with Crippen LogP contribution in [0.1, 0.15) is 27.5 Å². The van der Waals surface area contributed by atoms with Crippen LogP contribution in [0.4, 0.5) is 0 Å². The number of amides is 1. The molecule has 3 aromatic rings. The van der Waals surface area contributed by atoms with Crippen molar-refractivity contribution >= 4 is 16.8 Å². The van der Waals surface area contributed by atoms with Crippen LogP contribution >= 0.6 is 0 Å². The Morgan fingerprint density at radius 2 is 2.00 bits per heavy atom. The van der Waals surface area contributed by atoms with E-state index in [1.165, 1.54) is 11.1 Å². The zero-order valence-corrected chi connectivity index (χ0v) is 17.5. The van der Waals surface area contributed by atoms with Gasteiger partial charge in [-0.15, -0.1) is 6.58 Å². The van der Waals surface area contributed by atoms with Gasteiger partial charge in [-0.3, -0.25) is 9.69 Å². The largest absolute Gasteiger partial charge is 0.379 e. The third-order valence-corrected chi connectivity index (χ3v) is 5.73. The lowest BCUT2D eigenvalue weighted by Gasteiger charge is -2.35. The van der Waals surface area contributed by atoms with E-state index in [4.69, 9.17) is 4.74 Å². The highest BCUT2D eigenvalue weighted by molar-refractivity contribution is 6.07. The minimum atomic E-state index is -0.0417. The highest BCUT2D eigenvalue weighted by Crippen LogP contribution is 2.24. The second kappa shape index (κ2) is 9.28. The van der Waals surface area contributed by atoms with Crippen LogP contribution < -0.4 is 5.32 Å². The number of aryl methyl sites for hydroxylation is 1. The van der Waals surface area contributed by atoms with Crippen molar-refractivity contribution in [3.63, 3.8) is 0 Å². The van der Waals surface area contributed by atoms with Crippen molar-refractivity contribution in [3.8, 4) is 0 Å². The van der Waals surface area contributed by atoms with Crippen molar-refractivity contribution < 1.29 is 9.53 Å². The van der Waals surface area contributed by atoms with Crippen LogP contribution in [0.2, 0.25) is 0 Å². The predicted molar refractivity (Wildman–Crippen MR) is 121 cm³/mol. The SMILES string of the molecule is C=CCn1cc(C(=O)NC[C@@H](c2cccc(C)c2)N2CCOCC2)c2ccccc21. The number of rotatable bonds is 7. The van der Waals surface area contributed by atoms with Gasteiger partial charge in [0.2, 0.25) is 0 Å². The number of nitrogens with zero attached hydrogens (tertiary/aromatic N) is 2. The van der Waals surface area contributed by atoms with Crippen molar-refractivity contribution in [1.82, 2.24) is 14.8 Å². The lowest BCUT2D eigenvalue weighted by Crippen LogP contribution is -2.43. The highest BCUT2D eigenvalue weighted by Gasteiger charge is 2.24. The minimum absolute atomic E-state index is 0.0417. The first kappa shape index (κ1) is 20.4. The number of fused-ring (bicyclic) bond motifs is 1. The molecule has 2 aromatic carbocycles. The number of para-hydroxylation sites is 1. The number of carbonyl (C=O) groups is 1. The number of morpholine rings is 1. The molecule has 2 heterocycles. The van der Waals surface area contributed by atoms with Gasteiger partial charge >= 0.3 is 0 Å². The van der Waals surface area contributed by atoms with E-state index in [9.17, 15) is 4.79 Å². The van der Waals surface area contributed by atoms with E-state index in [1.807, 2.05) is 36.5 Å². The molecule has 5 heteroatoms. The summed E-state index contributed by atoms with van der Waals surface area (Å²) in [6.45, 7) is 10.4. The van der Waals surface area contributed by atoms with E-state index in [1.54, 1.807) is 0 Å². The van der Waals surface area contributed by atoms with Crippen molar-refractivity contribution in [3.05, 3.63) is 84.1 Å². The van der Waals surface area contributed by atoms with Crippen LogP contribution in [0.3, 0.4) is 0 Å². The molecular formula is C25H29N3O2. The maximum Gasteiger partial charge on any atom is 0.253 e. The molecule has 1 saturated heterocycles. The molecular weight excluding hydrogens is 374 g/mol. The average Bonchev–Trinajstić information content (AvgIpc) is 3.14. The summed E-state index contributed by atoms with van der Waals surface area (Å²) in [7, 11) is 0. The number of benzene rings is 2. The molecule has 1 N–H and O–H groups in total. The molecule has 1 aliphatic rings. The Labute approximate surface area is 177 Å². The van der Waals surface area contributed by atoms with Crippen molar-refractivity contribution in [2.45, 2.75) is 19.5 Å². The molecule has 0 radical (unpaired) electrons. The van der Waals surface area contributed by atoms with Crippen LogP contribution in [0, 0.1) is 6.92 Å². The molecule has 1 fully saturated rings. The third-order valence-electron chi connectivity index (χ3n) is 5.73. The first-order valence-electron chi connectivity index (χ1n) is 10.5. The molecule has 1 aliphatic heterocycles. The lowest BCUT2D eigenvalue weighted by atomic mass is 10.0. The number of allylic oxidation sites excluding steroid dienone is 1. The Bertz CT molecular complexity index is 1030. The topological polar surface area (TPSA) is 46.5 Å². The molecule has 0 saturated carbocycles. The molecule has 30 heavy (non-hydrogen) atoms. The Kier molecular flexibility index (Phi) is 6.31. The fourth-order valence-electron chi connectivity index (χ4n) is 4.23. The van der Waals surface area contributed by atoms with Crippen LogP contribution in [-0.4, -0.2) is 48.2 Å². The molecule has 0 bridgehead atoms. The Morgan fingerprint density at radius 3 is 2.77 bits per heavy atom. The summed E-state index contributed by atoms with van der Waals surface area (Å²) < 4.78 is 7.61. The monoisotopic (exact) mass is 403 g/mol. The third kappa shape index (κ3) is 4.32. The summed E-state index contributed by atoms with van der Waals surface area (Å²) in [5.41, 5.74) is 4.21. The average molecular weight is 404 g/mol. The fraction of sp³-hybridized carbons (Fsp3) is 0.320. The Morgan fingerprint density at radius 1 is 1.20 bits per heavy atom. The number of hydrogen-bond donors (Lipinski definition) is 1. The molecule has 1 aromatic heterocycles. The molecule has 0 unspecified atom stereocenters. The highest BCUT2D eigenvalue weighted by atomic mass is 16.5. The van der Waals surface area contributed by atoms with Gasteiger partial charge in [0, 0.05) is 43.3 Å². The predicted octanol–water partition coefficient (Wildman–Crippen LogP) is 3.94. The second-order valence-corrected chi connectivity index (χ2v) is 7.79. The number of nitrogens with one attached hydrogen (secondary N) is 1. The van der Waals surface area contributed by atoms with Gasteiger partial charge in [0.1, 0.15) is 0 Å². The number of carbonyl (C=O) groups excluding carboxylic acids is 1. The van der Waals surface area contributed by atoms with Crippen molar-refractivity contribution in [1.29, 1.82) is 0 Å². The van der Waals surface area contributed by atoms with Gasteiger partial charge in [0.15, 0.2) is 0 Å². The summed E-state index contributed by atoms with van der Waals surface area (Å²) in [5, 5.41) is 4.17. The van der Waals surface area contributed by atoms with E-state index in [0.717, 1.165) is 37.2 Å². The van der Waals surface area contributed by atoms with E-state index in [-0.39, 0.29) is 11.9 Å². The van der Waals surface area contributed by atoms with Crippen LogP contribution in [0.15, 0.2) is 67.4 Å². The van der Waals surface area contributed by atoms with Gasteiger partial charge in [-0.25, -0.2) is 0 Å². The zero-order valence-electron chi connectivity index (χ0n) is 17.5. The maximum atomic E-state index is 13.2. The van der Waals surface area contributed by atoms with Crippen molar-refractivity contribution in [2.24, 2.45) is 0 Å². The summed E-state index contributed by atoms with van der Waals surface area (Å²) in [6, 6.07) is 16.7. The zero-order chi connectivity index (χ0) is 20.9. The van der Waals surface area contributed by atoms with Crippen LogP contribution in [0.5, 0.6) is 0 Å². The first-order chi connectivity index (χ1) is 14.7. The molecule has 1 atom stereocenters. The Hall–Kier alpha value is -2.89. The number of aromatic nitrogens is 1. The quantitative estimate of drug-likeness (QED) is 0.608. The number of hydrogen-bond acceptors (Lipinski definition) is 3. The van der Waals surface area contributed by atoms with Gasteiger partial charge in [-0.2, -0.15) is 0 Å². The van der Waals surface area contributed by atoms with E-state index in [2.05, 4.69) is 52.6 Å². The van der Waals surface area contributed by atoms with Gasteiger partial charge in [0.05, 0.1) is 24.8 Å². The van der Waals surface area contributed by atoms with Crippen LogP contribution in [-0.2, 0) is 11.3 Å². The molecule has 0 aliphatic carbocycles. The maximum absolute atomic E-state index is 13.2. The van der Waals surface area contributed by atoms with Gasteiger partial charge in [-0.1, -0.05) is 54.1 Å². The Balaban J connectivity index is 1.57. The van der Waals surface area contributed by atoms with Gasteiger partial charge < -0.3 is 14.6 Å².